The normalized spacial score (nSPS) is 9.58. The zero-order valence-electron chi connectivity index (χ0n) is 11.4. The first-order valence-electron chi connectivity index (χ1n) is 6.72. The molecule has 0 spiro atoms. The average Bonchev–Trinajstić information content (AvgIpc) is 2.42. The second kappa shape index (κ2) is 9.52. The molecule has 0 aromatic heterocycles. The van der Waals surface area contributed by atoms with Crippen LogP contribution in [0, 0.1) is 11.8 Å². The van der Waals surface area contributed by atoms with Crippen molar-refractivity contribution in [2.75, 3.05) is 13.1 Å². The maximum Gasteiger partial charge on any atom is 0.256 e. The van der Waals surface area contributed by atoms with Gasteiger partial charge in [0.1, 0.15) is 0 Å². The summed E-state index contributed by atoms with van der Waals surface area (Å²) in [5.41, 5.74) is 0.943. The summed E-state index contributed by atoms with van der Waals surface area (Å²) in [4.78, 5) is 1.53. The molecule has 0 aliphatic heterocycles. The van der Waals surface area contributed by atoms with Gasteiger partial charge < -0.3 is 4.90 Å². The predicted octanol–water partition coefficient (Wildman–Crippen LogP) is 4.17. The van der Waals surface area contributed by atoms with Gasteiger partial charge in [-0.1, -0.05) is 56.2 Å². The first-order chi connectivity index (χ1) is 9.24. The summed E-state index contributed by atoms with van der Waals surface area (Å²) in [6.07, 6.45) is 4.43. The van der Waals surface area contributed by atoms with E-state index in [2.05, 4.69) is 31.0 Å². The van der Waals surface area contributed by atoms with E-state index in [1.807, 2.05) is 30.3 Å². The Labute approximate surface area is 120 Å². The molecule has 0 amide bonds. The van der Waals surface area contributed by atoms with Gasteiger partial charge in [0.05, 0.1) is 6.54 Å². The Morgan fingerprint density at radius 1 is 1.21 bits per heavy atom. The summed E-state index contributed by atoms with van der Waals surface area (Å²) < 4.78 is 13.2. The predicted molar refractivity (Wildman–Crippen MR) is 82.7 cm³/mol. The van der Waals surface area contributed by atoms with Gasteiger partial charge in [-0.3, -0.25) is 0 Å². The molecule has 0 aliphatic rings. The number of rotatable bonds is 6. The summed E-state index contributed by atoms with van der Waals surface area (Å²) in [6, 6.07) is 9.69. The Balaban J connectivity index is 2.42. The Bertz CT molecular complexity index is 433. The van der Waals surface area contributed by atoms with Crippen molar-refractivity contribution in [3.8, 4) is 11.8 Å². The Morgan fingerprint density at radius 3 is 2.58 bits per heavy atom. The molecule has 3 heteroatoms. The monoisotopic (exact) mass is 277 g/mol. The number of hydrogen-bond donors (Lipinski definition) is 0. The molecule has 0 N–H and O–H groups in total. The van der Waals surface area contributed by atoms with Crippen molar-refractivity contribution < 1.29 is 4.39 Å². The highest BCUT2D eigenvalue weighted by molar-refractivity contribution is 7.79. The molecule has 1 nitrogen and oxygen atoms in total. The molecule has 1 rings (SSSR count). The smallest absolute Gasteiger partial charge is 0.256 e. The Hall–Kier alpha value is -1.40. The molecule has 102 valence electrons. The summed E-state index contributed by atoms with van der Waals surface area (Å²) in [5.74, 6) is 5.99. The summed E-state index contributed by atoms with van der Waals surface area (Å²) in [5, 5.41) is -0.557. The van der Waals surface area contributed by atoms with Crippen molar-refractivity contribution in [1.82, 2.24) is 4.90 Å². The van der Waals surface area contributed by atoms with E-state index in [0.717, 1.165) is 18.4 Å². The molecule has 0 heterocycles. The molecular formula is C16H20FNS. The third-order valence-corrected chi connectivity index (χ3v) is 3.06. The molecule has 0 fully saturated rings. The van der Waals surface area contributed by atoms with Gasteiger partial charge in [-0.15, -0.1) is 0 Å². The van der Waals surface area contributed by atoms with Crippen molar-refractivity contribution in [3.63, 3.8) is 0 Å². The van der Waals surface area contributed by atoms with Crippen LogP contribution in [0.25, 0.3) is 0 Å². The van der Waals surface area contributed by atoms with Crippen LogP contribution in [0.1, 0.15) is 38.2 Å². The van der Waals surface area contributed by atoms with Crippen LogP contribution in [-0.2, 0) is 0 Å². The SMILES string of the molecule is CCCCCCN(CC#Cc1ccccc1)C(F)=S. The van der Waals surface area contributed by atoms with E-state index < -0.39 is 5.24 Å². The fourth-order valence-corrected chi connectivity index (χ4v) is 1.87. The van der Waals surface area contributed by atoms with Gasteiger partial charge in [0.15, 0.2) is 0 Å². The van der Waals surface area contributed by atoms with Gasteiger partial charge in [-0.05, 0) is 30.8 Å². The zero-order valence-corrected chi connectivity index (χ0v) is 12.2. The van der Waals surface area contributed by atoms with Gasteiger partial charge in [0, 0.05) is 12.1 Å². The van der Waals surface area contributed by atoms with Crippen molar-refractivity contribution in [1.29, 1.82) is 0 Å². The summed E-state index contributed by atoms with van der Waals surface area (Å²) in [6.45, 7) is 3.16. The lowest BCUT2D eigenvalue weighted by Gasteiger charge is -2.17. The van der Waals surface area contributed by atoms with Crippen molar-refractivity contribution in [3.05, 3.63) is 35.9 Å². The summed E-state index contributed by atoms with van der Waals surface area (Å²) in [7, 11) is 0. The fourth-order valence-electron chi connectivity index (χ4n) is 1.72. The maximum atomic E-state index is 13.2. The minimum absolute atomic E-state index is 0.357. The van der Waals surface area contributed by atoms with Crippen molar-refractivity contribution in [2.24, 2.45) is 0 Å². The lowest BCUT2D eigenvalue weighted by Crippen LogP contribution is -2.28. The van der Waals surface area contributed by atoms with Crippen LogP contribution in [0.5, 0.6) is 0 Å². The molecule has 0 radical (unpaired) electrons. The fraction of sp³-hybridized carbons (Fsp3) is 0.438. The molecule has 0 unspecified atom stereocenters. The Kier molecular flexibility index (Phi) is 7.84. The van der Waals surface area contributed by atoms with Gasteiger partial charge in [-0.2, -0.15) is 4.39 Å². The van der Waals surface area contributed by atoms with Crippen LogP contribution in [0.15, 0.2) is 30.3 Å². The number of thiocarbonyl (C=S) groups is 1. The molecule has 0 saturated carbocycles. The van der Waals surface area contributed by atoms with Crippen molar-refractivity contribution in [2.45, 2.75) is 32.6 Å². The van der Waals surface area contributed by atoms with Gasteiger partial charge >= 0.3 is 0 Å². The van der Waals surface area contributed by atoms with Crippen LogP contribution in [0.4, 0.5) is 4.39 Å². The molecule has 0 atom stereocenters. The number of benzene rings is 1. The van der Waals surface area contributed by atoms with E-state index in [1.165, 1.54) is 17.7 Å². The van der Waals surface area contributed by atoms with Gasteiger partial charge in [0.25, 0.3) is 5.24 Å². The van der Waals surface area contributed by atoms with E-state index in [1.54, 1.807) is 0 Å². The average molecular weight is 277 g/mol. The third kappa shape index (κ3) is 6.93. The second-order valence-corrected chi connectivity index (χ2v) is 4.74. The molecule has 19 heavy (non-hydrogen) atoms. The third-order valence-electron chi connectivity index (χ3n) is 2.81. The maximum absolute atomic E-state index is 13.2. The molecule has 0 bridgehead atoms. The lowest BCUT2D eigenvalue weighted by molar-refractivity contribution is 0.411. The minimum Gasteiger partial charge on any atom is -0.328 e. The number of halogens is 1. The second-order valence-electron chi connectivity index (χ2n) is 4.40. The highest BCUT2D eigenvalue weighted by atomic mass is 32.1. The van der Waals surface area contributed by atoms with Crippen LogP contribution in [0.2, 0.25) is 0 Å². The zero-order chi connectivity index (χ0) is 13.9. The first kappa shape index (κ1) is 15.7. The van der Waals surface area contributed by atoms with E-state index in [0.29, 0.717) is 13.1 Å². The molecule has 1 aromatic rings. The highest BCUT2D eigenvalue weighted by Crippen LogP contribution is 2.03. The van der Waals surface area contributed by atoms with Crippen molar-refractivity contribution >= 4 is 17.5 Å². The van der Waals surface area contributed by atoms with Crippen LogP contribution < -0.4 is 0 Å². The van der Waals surface area contributed by atoms with Crippen LogP contribution >= 0.6 is 12.2 Å². The lowest BCUT2D eigenvalue weighted by atomic mass is 10.2. The van der Waals surface area contributed by atoms with Gasteiger partial charge in [0.2, 0.25) is 0 Å². The van der Waals surface area contributed by atoms with Crippen LogP contribution in [0.3, 0.4) is 0 Å². The van der Waals surface area contributed by atoms with E-state index in [9.17, 15) is 4.39 Å². The van der Waals surface area contributed by atoms with E-state index in [4.69, 9.17) is 0 Å². The van der Waals surface area contributed by atoms with Gasteiger partial charge in [-0.25, -0.2) is 0 Å². The van der Waals surface area contributed by atoms with E-state index >= 15 is 0 Å². The quantitative estimate of drug-likeness (QED) is 0.252. The Morgan fingerprint density at radius 2 is 1.95 bits per heavy atom. The van der Waals surface area contributed by atoms with Crippen LogP contribution in [-0.4, -0.2) is 23.2 Å². The van der Waals surface area contributed by atoms with E-state index in [-0.39, 0.29) is 0 Å². The minimum atomic E-state index is -0.557. The number of unbranched alkanes of at least 4 members (excludes halogenated alkanes) is 3. The largest absolute Gasteiger partial charge is 0.328 e. The standard InChI is InChI=1S/C16H20FNS/c1-2-3-4-8-13-18(16(17)19)14-9-12-15-10-6-5-7-11-15/h5-7,10-11H,2-4,8,13-14H2,1H3. The topological polar surface area (TPSA) is 3.24 Å². The molecule has 0 saturated heterocycles. The number of hydrogen-bond acceptors (Lipinski definition) is 1. The molecule has 1 aromatic carbocycles. The molecule has 0 aliphatic carbocycles. The first-order valence-corrected chi connectivity index (χ1v) is 7.13. The molecular weight excluding hydrogens is 257 g/mol. The highest BCUT2D eigenvalue weighted by Gasteiger charge is 2.06. The number of nitrogens with zero attached hydrogens (tertiary/aromatic N) is 1. The summed E-state index contributed by atoms with van der Waals surface area (Å²) >= 11 is 4.62.